The largest absolute Gasteiger partial charge is 0.352 e. The molecule has 3 rings (SSSR count). The van der Waals surface area contributed by atoms with Gasteiger partial charge < -0.3 is 9.88 Å². The Bertz CT molecular complexity index is 897. The molecule has 0 fully saturated rings. The molecule has 1 heterocycles. The van der Waals surface area contributed by atoms with Gasteiger partial charge >= 0.3 is 0 Å². The third-order valence-corrected chi connectivity index (χ3v) is 4.84. The lowest BCUT2D eigenvalue weighted by Crippen LogP contribution is -2.26. The van der Waals surface area contributed by atoms with Gasteiger partial charge in [-0.25, -0.2) is 4.98 Å². The summed E-state index contributed by atoms with van der Waals surface area (Å²) < 4.78 is 2.31. The average Bonchev–Trinajstić information content (AvgIpc) is 2.99. The number of fused-ring (bicyclic) bond motifs is 1. The van der Waals surface area contributed by atoms with Crippen LogP contribution in [0.3, 0.4) is 0 Å². The maximum Gasteiger partial charge on any atom is 0.251 e. The highest BCUT2D eigenvalue weighted by molar-refractivity contribution is 5.94. The molecule has 2 aromatic carbocycles. The standard InChI is InChI=1S/C22H27N3O/c1-4-16(2)15-25-20-11-6-5-10-19(20)24-21(25)12-13-23-22(26)18-9-7-8-17(3)14-18/h5-11,14,16H,4,12-13,15H2,1-3H3,(H,23,26)/t16-/m1/s1. The van der Waals surface area contributed by atoms with E-state index in [-0.39, 0.29) is 5.91 Å². The molecule has 3 aromatic rings. The maximum absolute atomic E-state index is 12.3. The number of hydrogen-bond donors (Lipinski definition) is 1. The van der Waals surface area contributed by atoms with Crippen molar-refractivity contribution in [2.45, 2.75) is 40.2 Å². The first kappa shape index (κ1) is 18.2. The first-order chi connectivity index (χ1) is 12.6. The number of carbonyl (C=O) groups is 1. The predicted molar refractivity (Wildman–Crippen MR) is 106 cm³/mol. The smallest absolute Gasteiger partial charge is 0.251 e. The fourth-order valence-corrected chi connectivity index (χ4v) is 3.14. The number of para-hydroxylation sites is 2. The fourth-order valence-electron chi connectivity index (χ4n) is 3.14. The van der Waals surface area contributed by atoms with Crippen LogP contribution in [0.5, 0.6) is 0 Å². The number of benzene rings is 2. The van der Waals surface area contributed by atoms with Gasteiger partial charge in [0, 0.05) is 25.1 Å². The molecule has 26 heavy (non-hydrogen) atoms. The fraction of sp³-hybridized carbons (Fsp3) is 0.364. The van der Waals surface area contributed by atoms with Crippen LogP contribution in [0.25, 0.3) is 11.0 Å². The van der Waals surface area contributed by atoms with Gasteiger partial charge in [0.2, 0.25) is 0 Å². The second-order valence-electron chi connectivity index (χ2n) is 7.02. The summed E-state index contributed by atoms with van der Waals surface area (Å²) in [6.45, 7) is 8.01. The topological polar surface area (TPSA) is 46.9 Å². The van der Waals surface area contributed by atoms with Crippen LogP contribution in [0, 0.1) is 12.8 Å². The average molecular weight is 349 g/mol. The van der Waals surface area contributed by atoms with E-state index < -0.39 is 0 Å². The Morgan fingerprint density at radius 3 is 2.77 bits per heavy atom. The summed E-state index contributed by atoms with van der Waals surface area (Å²) >= 11 is 0. The van der Waals surface area contributed by atoms with E-state index in [0.717, 1.165) is 36.3 Å². The van der Waals surface area contributed by atoms with Crippen LogP contribution < -0.4 is 5.32 Å². The summed E-state index contributed by atoms with van der Waals surface area (Å²) in [6.07, 6.45) is 1.86. The summed E-state index contributed by atoms with van der Waals surface area (Å²) in [5, 5.41) is 3.02. The van der Waals surface area contributed by atoms with Crippen molar-refractivity contribution in [2.24, 2.45) is 5.92 Å². The molecule has 0 spiro atoms. The Kier molecular flexibility index (Phi) is 5.71. The van der Waals surface area contributed by atoms with Crippen LogP contribution in [-0.2, 0) is 13.0 Å². The number of aromatic nitrogens is 2. The molecular formula is C22H27N3O. The lowest BCUT2D eigenvalue weighted by atomic mass is 10.1. The van der Waals surface area contributed by atoms with E-state index in [2.05, 4.69) is 41.9 Å². The molecule has 4 heteroatoms. The van der Waals surface area contributed by atoms with E-state index in [1.165, 1.54) is 5.52 Å². The monoisotopic (exact) mass is 349 g/mol. The normalized spacial score (nSPS) is 12.3. The van der Waals surface area contributed by atoms with Crippen molar-refractivity contribution in [3.63, 3.8) is 0 Å². The van der Waals surface area contributed by atoms with Crippen LogP contribution in [0.1, 0.15) is 42.0 Å². The Morgan fingerprint density at radius 2 is 2.00 bits per heavy atom. The quantitative estimate of drug-likeness (QED) is 0.689. The maximum atomic E-state index is 12.3. The molecule has 0 saturated carbocycles. The Hall–Kier alpha value is -2.62. The molecule has 1 amide bonds. The SMILES string of the molecule is CC[C@@H](C)Cn1c(CCNC(=O)c2cccc(C)c2)nc2ccccc21. The first-order valence-corrected chi connectivity index (χ1v) is 9.37. The van der Waals surface area contributed by atoms with E-state index in [0.29, 0.717) is 18.0 Å². The lowest BCUT2D eigenvalue weighted by molar-refractivity contribution is 0.0954. The zero-order chi connectivity index (χ0) is 18.5. The number of amides is 1. The molecule has 4 nitrogen and oxygen atoms in total. The molecule has 0 radical (unpaired) electrons. The van der Waals surface area contributed by atoms with Gasteiger partial charge in [-0.3, -0.25) is 4.79 Å². The second kappa shape index (κ2) is 8.17. The van der Waals surface area contributed by atoms with Gasteiger partial charge in [-0.15, -0.1) is 0 Å². The number of carbonyl (C=O) groups excluding carboxylic acids is 1. The summed E-state index contributed by atoms with van der Waals surface area (Å²) in [4.78, 5) is 17.1. The van der Waals surface area contributed by atoms with Gasteiger partial charge in [-0.05, 0) is 37.1 Å². The van der Waals surface area contributed by atoms with Gasteiger partial charge in [0.05, 0.1) is 11.0 Å². The molecule has 1 aromatic heterocycles. The number of nitrogens with one attached hydrogen (secondary N) is 1. The van der Waals surface area contributed by atoms with Crippen LogP contribution >= 0.6 is 0 Å². The van der Waals surface area contributed by atoms with Gasteiger partial charge in [0.25, 0.3) is 5.91 Å². The third-order valence-electron chi connectivity index (χ3n) is 4.84. The van der Waals surface area contributed by atoms with Gasteiger partial charge in [0.15, 0.2) is 0 Å². The van der Waals surface area contributed by atoms with E-state index in [1.54, 1.807) is 0 Å². The highest BCUT2D eigenvalue weighted by Crippen LogP contribution is 2.19. The lowest BCUT2D eigenvalue weighted by Gasteiger charge is -2.14. The highest BCUT2D eigenvalue weighted by Gasteiger charge is 2.13. The van der Waals surface area contributed by atoms with Crippen molar-refractivity contribution in [3.8, 4) is 0 Å². The molecular weight excluding hydrogens is 322 g/mol. The summed E-state index contributed by atoms with van der Waals surface area (Å²) in [5.41, 5.74) is 4.00. The van der Waals surface area contributed by atoms with Crippen molar-refractivity contribution in [1.29, 1.82) is 0 Å². The first-order valence-electron chi connectivity index (χ1n) is 9.37. The third kappa shape index (κ3) is 4.13. The van der Waals surface area contributed by atoms with Gasteiger partial charge in [0.1, 0.15) is 5.82 Å². The number of aryl methyl sites for hydroxylation is 1. The molecule has 0 aliphatic heterocycles. The van der Waals surface area contributed by atoms with E-state index in [9.17, 15) is 4.79 Å². The Balaban J connectivity index is 1.72. The van der Waals surface area contributed by atoms with E-state index in [4.69, 9.17) is 4.98 Å². The summed E-state index contributed by atoms with van der Waals surface area (Å²) in [6, 6.07) is 15.9. The molecule has 1 N–H and O–H groups in total. The zero-order valence-electron chi connectivity index (χ0n) is 15.8. The number of imidazole rings is 1. The molecule has 0 aliphatic carbocycles. The van der Waals surface area contributed by atoms with Crippen molar-refractivity contribution in [2.75, 3.05) is 6.54 Å². The van der Waals surface area contributed by atoms with Crippen molar-refractivity contribution >= 4 is 16.9 Å². The zero-order valence-corrected chi connectivity index (χ0v) is 15.8. The van der Waals surface area contributed by atoms with Crippen LogP contribution in [0.15, 0.2) is 48.5 Å². The van der Waals surface area contributed by atoms with Crippen molar-refractivity contribution in [1.82, 2.24) is 14.9 Å². The molecule has 0 unspecified atom stereocenters. The number of hydrogen-bond acceptors (Lipinski definition) is 2. The van der Waals surface area contributed by atoms with Gasteiger partial charge in [-0.2, -0.15) is 0 Å². The van der Waals surface area contributed by atoms with E-state index >= 15 is 0 Å². The number of nitrogens with zero attached hydrogens (tertiary/aromatic N) is 2. The molecule has 0 bridgehead atoms. The molecule has 0 saturated heterocycles. The minimum absolute atomic E-state index is 0.0294. The minimum atomic E-state index is -0.0294. The van der Waals surface area contributed by atoms with Crippen molar-refractivity contribution in [3.05, 3.63) is 65.5 Å². The molecule has 0 aliphatic rings. The minimum Gasteiger partial charge on any atom is -0.352 e. The predicted octanol–water partition coefficient (Wildman–Crippen LogP) is 4.36. The van der Waals surface area contributed by atoms with Crippen LogP contribution in [0.2, 0.25) is 0 Å². The molecule has 1 atom stereocenters. The van der Waals surface area contributed by atoms with Gasteiger partial charge in [-0.1, -0.05) is 50.1 Å². The van der Waals surface area contributed by atoms with Crippen molar-refractivity contribution < 1.29 is 4.79 Å². The van der Waals surface area contributed by atoms with Crippen LogP contribution in [0.4, 0.5) is 0 Å². The highest BCUT2D eigenvalue weighted by atomic mass is 16.1. The second-order valence-corrected chi connectivity index (χ2v) is 7.02. The molecule has 136 valence electrons. The van der Waals surface area contributed by atoms with E-state index in [1.807, 2.05) is 37.3 Å². The summed E-state index contributed by atoms with van der Waals surface area (Å²) in [5.74, 6) is 1.60. The van der Waals surface area contributed by atoms with Crippen LogP contribution in [-0.4, -0.2) is 22.0 Å². The summed E-state index contributed by atoms with van der Waals surface area (Å²) in [7, 11) is 0. The number of rotatable bonds is 7. The Morgan fingerprint density at radius 1 is 1.19 bits per heavy atom. The Labute approximate surface area is 155 Å².